The molecule has 14 heavy (non-hydrogen) atoms. The molecule has 0 amide bonds. The molecule has 1 N–H and O–H groups in total. The zero-order valence-corrected chi connectivity index (χ0v) is 9.87. The first kappa shape index (κ1) is 11.6. The summed E-state index contributed by atoms with van der Waals surface area (Å²) in [6.45, 7) is 3.79. The van der Waals surface area contributed by atoms with Gasteiger partial charge in [-0.25, -0.2) is 8.78 Å². The first-order valence-corrected chi connectivity index (χ1v) is 5.01. The fraction of sp³-hybridized carbons (Fsp3) is 0.400. The summed E-state index contributed by atoms with van der Waals surface area (Å²) in [6, 6.07) is 2.35. The van der Waals surface area contributed by atoms with E-state index in [1.54, 1.807) is 7.05 Å². The Balaban J connectivity index is 3.29. The monoisotopic (exact) mass is 263 g/mol. The quantitative estimate of drug-likeness (QED) is 0.809. The van der Waals surface area contributed by atoms with Gasteiger partial charge in [-0.3, -0.25) is 0 Å². The summed E-state index contributed by atoms with van der Waals surface area (Å²) in [6.07, 6.45) is 0. The van der Waals surface area contributed by atoms with Crippen molar-refractivity contribution in [1.29, 1.82) is 0 Å². The van der Waals surface area contributed by atoms with Gasteiger partial charge in [0.2, 0.25) is 0 Å². The Morgan fingerprint density at radius 2 is 1.71 bits per heavy atom. The molecule has 0 heterocycles. The van der Waals surface area contributed by atoms with Gasteiger partial charge in [-0.2, -0.15) is 0 Å². The summed E-state index contributed by atoms with van der Waals surface area (Å²) in [5, 5.41) is 3.03. The highest BCUT2D eigenvalue weighted by Gasteiger charge is 2.22. The number of hydrogen-bond donors (Lipinski definition) is 1. The molecule has 0 bridgehead atoms. The summed E-state index contributed by atoms with van der Waals surface area (Å²) < 4.78 is 26.4. The lowest BCUT2D eigenvalue weighted by Gasteiger charge is -2.26. The van der Waals surface area contributed by atoms with E-state index in [0.29, 0.717) is 10.0 Å². The summed E-state index contributed by atoms with van der Waals surface area (Å²) in [5.74, 6) is -1.67. The maximum absolute atomic E-state index is 13.0. The van der Waals surface area contributed by atoms with Gasteiger partial charge in [-0.05, 0) is 38.6 Å². The van der Waals surface area contributed by atoms with Crippen LogP contribution in [0.3, 0.4) is 0 Å². The molecule has 0 aliphatic heterocycles. The van der Waals surface area contributed by atoms with Crippen molar-refractivity contribution in [1.82, 2.24) is 5.32 Å². The molecule has 0 radical (unpaired) electrons. The highest BCUT2D eigenvalue weighted by atomic mass is 79.9. The molecule has 0 atom stereocenters. The SMILES string of the molecule is CNC(C)(C)c1cc(F)c(F)cc1Br. The molecule has 0 fully saturated rings. The van der Waals surface area contributed by atoms with E-state index >= 15 is 0 Å². The van der Waals surface area contributed by atoms with E-state index in [2.05, 4.69) is 21.2 Å². The Bertz CT molecular complexity index is 350. The third-order valence-electron chi connectivity index (χ3n) is 2.31. The van der Waals surface area contributed by atoms with Crippen molar-refractivity contribution in [3.05, 3.63) is 33.8 Å². The molecule has 0 unspecified atom stereocenters. The van der Waals surface area contributed by atoms with Crippen LogP contribution < -0.4 is 5.32 Å². The predicted molar refractivity (Wildman–Crippen MR) is 56.1 cm³/mol. The van der Waals surface area contributed by atoms with E-state index in [-0.39, 0.29) is 0 Å². The summed E-state index contributed by atoms with van der Waals surface area (Å²) in [7, 11) is 1.77. The minimum absolute atomic E-state index is 0.395. The largest absolute Gasteiger partial charge is 0.311 e. The van der Waals surface area contributed by atoms with Crippen LogP contribution in [0.2, 0.25) is 0 Å². The van der Waals surface area contributed by atoms with Crippen molar-refractivity contribution in [2.45, 2.75) is 19.4 Å². The fourth-order valence-corrected chi connectivity index (χ4v) is 1.95. The molecular weight excluding hydrogens is 252 g/mol. The first-order chi connectivity index (χ1) is 6.38. The molecule has 4 heteroatoms. The lowest BCUT2D eigenvalue weighted by molar-refractivity contribution is 0.433. The molecule has 0 saturated carbocycles. The third kappa shape index (κ3) is 2.12. The van der Waals surface area contributed by atoms with Gasteiger partial charge in [0.15, 0.2) is 11.6 Å². The Morgan fingerprint density at radius 3 is 2.21 bits per heavy atom. The number of rotatable bonds is 2. The third-order valence-corrected chi connectivity index (χ3v) is 2.96. The Labute approximate surface area is 90.6 Å². The van der Waals surface area contributed by atoms with E-state index in [4.69, 9.17) is 0 Å². The molecule has 1 rings (SSSR count). The minimum Gasteiger partial charge on any atom is -0.311 e. The van der Waals surface area contributed by atoms with Crippen molar-refractivity contribution >= 4 is 15.9 Å². The summed E-state index contributed by atoms with van der Waals surface area (Å²) in [4.78, 5) is 0. The van der Waals surface area contributed by atoms with Crippen LogP contribution in [0.4, 0.5) is 8.78 Å². The van der Waals surface area contributed by atoms with Crippen LogP contribution in [0.15, 0.2) is 16.6 Å². The highest BCUT2D eigenvalue weighted by molar-refractivity contribution is 9.10. The molecule has 78 valence electrons. The Morgan fingerprint density at radius 1 is 1.21 bits per heavy atom. The molecular formula is C10H12BrF2N. The lowest BCUT2D eigenvalue weighted by Crippen LogP contribution is -2.33. The van der Waals surface area contributed by atoms with Gasteiger partial charge < -0.3 is 5.32 Å². The predicted octanol–water partition coefficient (Wildman–Crippen LogP) is 3.18. The fourth-order valence-electron chi connectivity index (χ4n) is 1.14. The van der Waals surface area contributed by atoms with Crippen molar-refractivity contribution in [2.24, 2.45) is 0 Å². The maximum atomic E-state index is 13.0. The molecule has 0 aliphatic carbocycles. The standard InChI is InChI=1S/C10H12BrF2N/c1-10(2,14-3)6-4-8(12)9(13)5-7(6)11/h4-5,14H,1-3H3. The van der Waals surface area contributed by atoms with Gasteiger partial charge >= 0.3 is 0 Å². The van der Waals surface area contributed by atoms with E-state index < -0.39 is 17.2 Å². The Kier molecular flexibility index (Phi) is 3.27. The maximum Gasteiger partial charge on any atom is 0.159 e. The van der Waals surface area contributed by atoms with E-state index in [1.165, 1.54) is 6.07 Å². The van der Waals surface area contributed by atoms with Gasteiger partial charge in [0.1, 0.15) is 0 Å². The lowest BCUT2D eigenvalue weighted by atomic mass is 9.94. The van der Waals surface area contributed by atoms with Crippen LogP contribution in [0, 0.1) is 11.6 Å². The van der Waals surface area contributed by atoms with Crippen LogP contribution >= 0.6 is 15.9 Å². The van der Waals surface area contributed by atoms with Gasteiger partial charge in [0.05, 0.1) is 0 Å². The number of nitrogens with one attached hydrogen (secondary N) is 1. The Hall–Kier alpha value is -0.480. The van der Waals surface area contributed by atoms with Crippen molar-refractivity contribution in [2.75, 3.05) is 7.05 Å². The van der Waals surface area contributed by atoms with Crippen molar-refractivity contribution in [3.63, 3.8) is 0 Å². The zero-order valence-electron chi connectivity index (χ0n) is 8.29. The second-order valence-electron chi connectivity index (χ2n) is 3.62. The van der Waals surface area contributed by atoms with Crippen LogP contribution in [-0.4, -0.2) is 7.05 Å². The average Bonchev–Trinajstić information content (AvgIpc) is 2.11. The van der Waals surface area contributed by atoms with E-state index in [1.807, 2.05) is 13.8 Å². The molecule has 0 saturated heterocycles. The van der Waals surface area contributed by atoms with Gasteiger partial charge in [0, 0.05) is 10.0 Å². The number of hydrogen-bond acceptors (Lipinski definition) is 1. The second kappa shape index (κ2) is 3.95. The normalized spacial score (nSPS) is 11.9. The van der Waals surface area contributed by atoms with E-state index in [9.17, 15) is 8.78 Å². The molecule has 0 aromatic heterocycles. The van der Waals surface area contributed by atoms with Crippen LogP contribution in [-0.2, 0) is 5.54 Å². The highest BCUT2D eigenvalue weighted by Crippen LogP contribution is 2.29. The summed E-state index contributed by atoms with van der Waals surface area (Å²) in [5.41, 5.74) is 0.298. The topological polar surface area (TPSA) is 12.0 Å². The minimum atomic E-state index is -0.840. The zero-order chi connectivity index (χ0) is 10.9. The average molecular weight is 264 g/mol. The number of halogens is 3. The van der Waals surface area contributed by atoms with Crippen molar-refractivity contribution in [3.8, 4) is 0 Å². The van der Waals surface area contributed by atoms with Gasteiger partial charge in [-0.15, -0.1) is 0 Å². The van der Waals surface area contributed by atoms with Crippen LogP contribution in [0.5, 0.6) is 0 Å². The van der Waals surface area contributed by atoms with E-state index in [0.717, 1.165) is 6.07 Å². The van der Waals surface area contributed by atoms with Crippen LogP contribution in [0.25, 0.3) is 0 Å². The van der Waals surface area contributed by atoms with Crippen LogP contribution in [0.1, 0.15) is 19.4 Å². The molecule has 0 spiro atoms. The molecule has 1 aromatic carbocycles. The van der Waals surface area contributed by atoms with Gasteiger partial charge in [0.25, 0.3) is 0 Å². The summed E-state index contributed by atoms with van der Waals surface area (Å²) >= 11 is 3.21. The molecule has 1 nitrogen and oxygen atoms in total. The smallest absolute Gasteiger partial charge is 0.159 e. The molecule has 0 aliphatic rings. The van der Waals surface area contributed by atoms with Crippen molar-refractivity contribution < 1.29 is 8.78 Å². The second-order valence-corrected chi connectivity index (χ2v) is 4.48. The first-order valence-electron chi connectivity index (χ1n) is 4.22. The van der Waals surface area contributed by atoms with Gasteiger partial charge in [-0.1, -0.05) is 15.9 Å². The number of benzene rings is 1. The molecule has 1 aromatic rings.